The summed E-state index contributed by atoms with van der Waals surface area (Å²) in [5.41, 5.74) is 2.49. The van der Waals surface area contributed by atoms with Crippen LogP contribution in [0.25, 0.3) is 10.9 Å². The number of nitrogens with one attached hydrogen (secondary N) is 1. The number of carbonyl (C=O) groups is 1. The van der Waals surface area contributed by atoms with E-state index in [1.54, 1.807) is 0 Å². The van der Waals surface area contributed by atoms with Crippen molar-refractivity contribution in [1.29, 1.82) is 0 Å². The molecule has 0 atom stereocenters. The topological polar surface area (TPSA) is 96.2 Å². The van der Waals surface area contributed by atoms with Gasteiger partial charge in [0, 0.05) is 5.39 Å². The summed E-state index contributed by atoms with van der Waals surface area (Å²) in [5.74, 6) is -3.61. The molecule has 2 aromatic rings. The lowest BCUT2D eigenvalue weighted by atomic mass is 10.1. The molecule has 88 valence electrons. The smallest absolute Gasteiger partial charge is 0.341 e. The minimum absolute atomic E-state index is 0.0776. The van der Waals surface area contributed by atoms with Crippen molar-refractivity contribution >= 4 is 22.6 Å². The highest BCUT2D eigenvalue weighted by molar-refractivity contribution is 5.93. The Morgan fingerprint density at radius 3 is 2.59 bits per heavy atom. The molecule has 0 bridgehead atoms. The van der Waals surface area contributed by atoms with Crippen LogP contribution in [0.3, 0.4) is 0 Å². The number of H-pyrrole nitrogens is 1. The van der Waals surface area contributed by atoms with Crippen molar-refractivity contribution in [1.82, 2.24) is 4.98 Å². The van der Waals surface area contributed by atoms with Crippen LogP contribution in [0.5, 0.6) is 0 Å². The van der Waals surface area contributed by atoms with E-state index in [-0.39, 0.29) is 10.9 Å². The average molecular weight is 240 g/mol. The fourth-order valence-corrected chi connectivity index (χ4v) is 1.45. The van der Waals surface area contributed by atoms with Crippen molar-refractivity contribution in [2.24, 2.45) is 0 Å². The average Bonchev–Trinajstić information content (AvgIpc) is 2.26. The minimum atomic E-state index is -1.48. The number of aromatic amines is 1. The molecule has 2 rings (SSSR count). The lowest BCUT2D eigenvalue weighted by molar-refractivity contribution is 0.0695. The summed E-state index contributed by atoms with van der Waals surface area (Å²) in [6.07, 6.45) is 0. The molecule has 5 nitrogen and oxygen atoms in total. The first-order chi connectivity index (χ1) is 7.91. The number of nitrogens with two attached hydrogens (primary N) is 1. The van der Waals surface area contributed by atoms with E-state index in [9.17, 15) is 18.4 Å². The number of carboxylic acids is 1. The van der Waals surface area contributed by atoms with E-state index >= 15 is 0 Å². The first-order valence-electron chi connectivity index (χ1n) is 4.45. The zero-order chi connectivity index (χ0) is 12.7. The summed E-state index contributed by atoms with van der Waals surface area (Å²) >= 11 is 0. The number of nitrogen functional groups attached to an aromatic ring is 1. The predicted molar refractivity (Wildman–Crippen MR) is 55.9 cm³/mol. The third-order valence-electron chi connectivity index (χ3n) is 2.30. The van der Waals surface area contributed by atoms with Crippen LogP contribution >= 0.6 is 0 Å². The van der Waals surface area contributed by atoms with E-state index in [1.165, 1.54) is 0 Å². The Balaban J connectivity index is 2.94. The number of hydrogen-bond donors (Lipinski definition) is 3. The maximum atomic E-state index is 13.5. The van der Waals surface area contributed by atoms with Gasteiger partial charge in [-0.25, -0.2) is 13.6 Å². The molecule has 0 amide bonds. The molecule has 0 radical (unpaired) electrons. The summed E-state index contributed by atoms with van der Waals surface area (Å²) in [6.45, 7) is 0. The Morgan fingerprint density at radius 2 is 2.00 bits per heavy atom. The van der Waals surface area contributed by atoms with Crippen LogP contribution in [0.4, 0.5) is 14.5 Å². The summed E-state index contributed by atoms with van der Waals surface area (Å²) in [6, 6.07) is 1.75. The van der Waals surface area contributed by atoms with E-state index in [0.29, 0.717) is 0 Å². The second kappa shape index (κ2) is 3.55. The van der Waals surface area contributed by atoms with Crippen LogP contribution in [-0.4, -0.2) is 16.1 Å². The minimum Gasteiger partial charge on any atom is -0.477 e. The molecule has 0 saturated heterocycles. The maximum Gasteiger partial charge on any atom is 0.341 e. The van der Waals surface area contributed by atoms with Gasteiger partial charge in [-0.15, -0.1) is 0 Å². The number of anilines is 1. The molecular formula is C10H6F2N2O3. The van der Waals surface area contributed by atoms with Crippen LogP contribution in [0, 0.1) is 11.6 Å². The van der Waals surface area contributed by atoms with Crippen molar-refractivity contribution in [3.63, 3.8) is 0 Å². The van der Waals surface area contributed by atoms with Gasteiger partial charge in [0.05, 0.1) is 5.52 Å². The van der Waals surface area contributed by atoms with Gasteiger partial charge in [0.1, 0.15) is 17.1 Å². The zero-order valence-corrected chi connectivity index (χ0v) is 8.25. The Hall–Kier alpha value is -2.44. The molecule has 1 heterocycles. The third kappa shape index (κ3) is 1.61. The second-order valence-corrected chi connectivity index (χ2v) is 3.37. The highest BCUT2D eigenvalue weighted by atomic mass is 19.1. The summed E-state index contributed by atoms with van der Waals surface area (Å²) < 4.78 is 26.6. The number of hydrogen-bond acceptors (Lipinski definition) is 3. The van der Waals surface area contributed by atoms with Gasteiger partial charge in [0.15, 0.2) is 5.82 Å². The lowest BCUT2D eigenvalue weighted by Crippen LogP contribution is -2.17. The van der Waals surface area contributed by atoms with Gasteiger partial charge in [-0.05, 0) is 12.1 Å². The molecule has 7 heteroatoms. The molecular weight excluding hydrogens is 234 g/mol. The highest BCUT2D eigenvalue weighted by Gasteiger charge is 2.15. The Morgan fingerprint density at radius 1 is 1.35 bits per heavy atom. The van der Waals surface area contributed by atoms with E-state index in [2.05, 4.69) is 0 Å². The Bertz CT molecular complexity index is 694. The predicted octanol–water partition coefficient (Wildman–Crippen LogP) is 1.09. The number of halogens is 2. The number of benzene rings is 1. The van der Waals surface area contributed by atoms with Crippen molar-refractivity contribution in [2.75, 3.05) is 5.73 Å². The monoisotopic (exact) mass is 240 g/mol. The molecule has 1 aromatic heterocycles. The first kappa shape index (κ1) is 11.1. The maximum absolute atomic E-state index is 13.5. The molecule has 0 unspecified atom stereocenters. The van der Waals surface area contributed by atoms with Gasteiger partial charge >= 0.3 is 5.97 Å². The molecule has 17 heavy (non-hydrogen) atoms. The fraction of sp³-hybridized carbons (Fsp3) is 0. The summed E-state index contributed by atoms with van der Waals surface area (Å²) in [4.78, 5) is 24.0. The molecule has 0 spiro atoms. The molecule has 0 aliphatic carbocycles. The molecule has 0 fully saturated rings. The van der Waals surface area contributed by atoms with Crippen LogP contribution in [0.15, 0.2) is 16.9 Å². The normalized spacial score (nSPS) is 10.7. The fourth-order valence-electron chi connectivity index (χ4n) is 1.45. The summed E-state index contributed by atoms with van der Waals surface area (Å²) in [5, 5.41) is 8.61. The summed E-state index contributed by atoms with van der Waals surface area (Å²) in [7, 11) is 0. The molecule has 4 N–H and O–H groups in total. The number of fused-ring (bicyclic) bond motifs is 1. The lowest BCUT2D eigenvalue weighted by Gasteiger charge is -2.04. The highest BCUT2D eigenvalue weighted by Crippen LogP contribution is 2.23. The number of aromatic nitrogens is 1. The standard InChI is InChI=1S/C10H6F2N2O3/c11-5-2-3-1-4(10(16)17)9(15)14-8(3)6(12)7(5)13/h1-2H,13H2,(H,14,15)(H,16,17). The Kier molecular flexibility index (Phi) is 2.31. The van der Waals surface area contributed by atoms with Gasteiger partial charge in [0.2, 0.25) is 0 Å². The van der Waals surface area contributed by atoms with Gasteiger partial charge in [-0.3, -0.25) is 4.79 Å². The Labute approximate surface area is 92.5 Å². The van der Waals surface area contributed by atoms with E-state index < -0.39 is 34.4 Å². The van der Waals surface area contributed by atoms with Gasteiger partial charge in [0.25, 0.3) is 5.56 Å². The molecule has 1 aromatic carbocycles. The van der Waals surface area contributed by atoms with E-state index in [1.807, 2.05) is 4.98 Å². The van der Waals surface area contributed by atoms with E-state index in [4.69, 9.17) is 10.8 Å². The number of carboxylic acid groups (broad SMARTS) is 1. The van der Waals surface area contributed by atoms with Crippen LogP contribution < -0.4 is 11.3 Å². The third-order valence-corrected chi connectivity index (χ3v) is 2.30. The number of aromatic carboxylic acids is 1. The SMILES string of the molecule is Nc1c(F)cc2cc(C(=O)O)c(=O)[nH]c2c1F. The van der Waals surface area contributed by atoms with E-state index in [0.717, 1.165) is 12.1 Å². The van der Waals surface area contributed by atoms with Crippen molar-refractivity contribution in [3.05, 3.63) is 39.7 Å². The van der Waals surface area contributed by atoms with Crippen molar-refractivity contribution in [2.45, 2.75) is 0 Å². The van der Waals surface area contributed by atoms with Crippen LogP contribution in [-0.2, 0) is 0 Å². The number of rotatable bonds is 1. The van der Waals surface area contributed by atoms with Gasteiger partial charge < -0.3 is 15.8 Å². The largest absolute Gasteiger partial charge is 0.477 e. The van der Waals surface area contributed by atoms with Crippen LogP contribution in [0.1, 0.15) is 10.4 Å². The van der Waals surface area contributed by atoms with Crippen molar-refractivity contribution < 1.29 is 18.7 Å². The van der Waals surface area contributed by atoms with Gasteiger partial charge in [-0.1, -0.05) is 0 Å². The quantitative estimate of drug-likeness (QED) is 0.650. The molecule has 0 aliphatic rings. The van der Waals surface area contributed by atoms with Gasteiger partial charge in [-0.2, -0.15) is 0 Å². The second-order valence-electron chi connectivity index (χ2n) is 3.37. The molecule has 0 saturated carbocycles. The van der Waals surface area contributed by atoms with Crippen molar-refractivity contribution in [3.8, 4) is 0 Å². The first-order valence-corrected chi connectivity index (χ1v) is 4.45. The molecule has 0 aliphatic heterocycles. The van der Waals surface area contributed by atoms with Crippen LogP contribution in [0.2, 0.25) is 0 Å². The zero-order valence-electron chi connectivity index (χ0n) is 8.25. The number of pyridine rings is 1.